The second-order valence-corrected chi connectivity index (χ2v) is 6.67. The number of halogens is 3. The SMILES string of the molecule is CCOc1cccc(-c2cc(F)c(Nc3ncc(Br)cc3C(=O)O)cc2F)c1. The maximum Gasteiger partial charge on any atom is 0.339 e. The summed E-state index contributed by atoms with van der Waals surface area (Å²) < 4.78 is 35.1. The monoisotopic (exact) mass is 448 g/mol. The van der Waals surface area contributed by atoms with E-state index >= 15 is 0 Å². The lowest BCUT2D eigenvalue weighted by Crippen LogP contribution is -2.06. The Kier molecular flexibility index (Phi) is 5.89. The van der Waals surface area contributed by atoms with Crippen LogP contribution >= 0.6 is 15.9 Å². The van der Waals surface area contributed by atoms with Crippen LogP contribution in [0, 0.1) is 11.6 Å². The Hall–Kier alpha value is -3.00. The Balaban J connectivity index is 1.97. The van der Waals surface area contributed by atoms with Gasteiger partial charge in [-0.25, -0.2) is 18.6 Å². The van der Waals surface area contributed by atoms with Crippen LogP contribution in [0.25, 0.3) is 11.1 Å². The highest BCUT2D eigenvalue weighted by Gasteiger charge is 2.17. The maximum atomic E-state index is 14.7. The molecule has 1 heterocycles. The summed E-state index contributed by atoms with van der Waals surface area (Å²) in [7, 11) is 0. The van der Waals surface area contributed by atoms with Gasteiger partial charge >= 0.3 is 5.97 Å². The van der Waals surface area contributed by atoms with Crippen LogP contribution in [-0.4, -0.2) is 22.7 Å². The van der Waals surface area contributed by atoms with Gasteiger partial charge in [-0.3, -0.25) is 0 Å². The Morgan fingerprint density at radius 2 is 2.00 bits per heavy atom. The summed E-state index contributed by atoms with van der Waals surface area (Å²) >= 11 is 3.13. The topological polar surface area (TPSA) is 71.5 Å². The lowest BCUT2D eigenvalue weighted by atomic mass is 10.0. The van der Waals surface area contributed by atoms with Crippen molar-refractivity contribution in [2.45, 2.75) is 6.92 Å². The van der Waals surface area contributed by atoms with Gasteiger partial charge in [0.05, 0.1) is 12.3 Å². The Labute approximate surface area is 168 Å². The quantitative estimate of drug-likeness (QED) is 0.511. The average Bonchev–Trinajstić information content (AvgIpc) is 2.66. The summed E-state index contributed by atoms with van der Waals surface area (Å²) in [6.45, 7) is 2.28. The van der Waals surface area contributed by atoms with Crippen molar-refractivity contribution in [1.82, 2.24) is 4.98 Å². The molecule has 28 heavy (non-hydrogen) atoms. The highest BCUT2D eigenvalue weighted by atomic mass is 79.9. The van der Waals surface area contributed by atoms with Crippen LogP contribution in [0.2, 0.25) is 0 Å². The fraction of sp³-hybridized carbons (Fsp3) is 0.100. The maximum absolute atomic E-state index is 14.7. The first-order valence-electron chi connectivity index (χ1n) is 8.27. The van der Waals surface area contributed by atoms with Crippen LogP contribution < -0.4 is 10.1 Å². The molecular formula is C20H15BrF2N2O3. The molecule has 0 bridgehead atoms. The van der Waals surface area contributed by atoms with Crippen molar-refractivity contribution in [3.63, 3.8) is 0 Å². The fourth-order valence-corrected chi connectivity index (χ4v) is 2.94. The number of hydrogen-bond acceptors (Lipinski definition) is 4. The number of carboxylic acids is 1. The molecule has 2 N–H and O–H groups in total. The lowest BCUT2D eigenvalue weighted by Gasteiger charge is -2.12. The normalized spacial score (nSPS) is 10.6. The van der Waals surface area contributed by atoms with E-state index in [-0.39, 0.29) is 22.6 Å². The predicted octanol–water partition coefficient (Wildman–Crippen LogP) is 5.63. The van der Waals surface area contributed by atoms with Gasteiger partial charge in [0, 0.05) is 22.3 Å². The summed E-state index contributed by atoms with van der Waals surface area (Å²) in [4.78, 5) is 15.3. The first-order chi connectivity index (χ1) is 13.4. The van der Waals surface area contributed by atoms with E-state index in [2.05, 4.69) is 26.2 Å². The van der Waals surface area contributed by atoms with Gasteiger partial charge in [0.25, 0.3) is 0 Å². The summed E-state index contributed by atoms with van der Waals surface area (Å²) in [5.41, 5.74) is 0.121. The summed E-state index contributed by atoms with van der Waals surface area (Å²) in [5, 5.41) is 11.8. The number of nitrogens with zero attached hydrogens (tertiary/aromatic N) is 1. The van der Waals surface area contributed by atoms with Gasteiger partial charge in [-0.15, -0.1) is 0 Å². The Bertz CT molecular complexity index is 1040. The first kappa shape index (κ1) is 19.8. The van der Waals surface area contributed by atoms with E-state index in [0.717, 1.165) is 12.1 Å². The predicted molar refractivity (Wildman–Crippen MR) is 105 cm³/mol. The molecule has 3 rings (SSSR count). The van der Waals surface area contributed by atoms with Crippen LogP contribution in [-0.2, 0) is 0 Å². The van der Waals surface area contributed by atoms with Crippen LogP contribution in [0.1, 0.15) is 17.3 Å². The molecule has 2 aromatic carbocycles. The summed E-state index contributed by atoms with van der Waals surface area (Å²) in [6.07, 6.45) is 1.36. The van der Waals surface area contributed by atoms with Gasteiger partial charge in [-0.2, -0.15) is 0 Å². The van der Waals surface area contributed by atoms with Gasteiger partial charge in [0.2, 0.25) is 0 Å². The zero-order chi connectivity index (χ0) is 20.3. The van der Waals surface area contributed by atoms with Crippen molar-refractivity contribution in [2.24, 2.45) is 0 Å². The van der Waals surface area contributed by atoms with Crippen molar-refractivity contribution < 1.29 is 23.4 Å². The Morgan fingerprint density at radius 3 is 2.71 bits per heavy atom. The summed E-state index contributed by atoms with van der Waals surface area (Å²) in [5.74, 6) is -2.22. The molecule has 0 aliphatic rings. The van der Waals surface area contributed by atoms with E-state index in [0.29, 0.717) is 22.4 Å². The zero-order valence-electron chi connectivity index (χ0n) is 14.7. The standard InChI is InChI=1S/C20H15BrF2N2O3/c1-2-28-13-5-3-4-11(6-13)14-8-17(23)18(9-16(14)22)25-19-15(20(26)27)7-12(21)10-24-19/h3-10H,2H2,1H3,(H,24,25)(H,26,27). The molecule has 8 heteroatoms. The summed E-state index contributed by atoms with van der Waals surface area (Å²) in [6, 6.07) is 10.0. The van der Waals surface area contributed by atoms with E-state index in [1.165, 1.54) is 12.3 Å². The van der Waals surface area contributed by atoms with E-state index in [4.69, 9.17) is 4.74 Å². The molecule has 1 aromatic heterocycles. The van der Waals surface area contributed by atoms with Crippen LogP contribution in [0.5, 0.6) is 5.75 Å². The number of anilines is 2. The lowest BCUT2D eigenvalue weighted by molar-refractivity contribution is 0.0697. The smallest absolute Gasteiger partial charge is 0.339 e. The van der Waals surface area contributed by atoms with Crippen LogP contribution in [0.3, 0.4) is 0 Å². The number of pyridine rings is 1. The third-order valence-corrected chi connectivity index (χ3v) is 4.28. The number of carboxylic acid groups (broad SMARTS) is 1. The molecule has 144 valence electrons. The van der Waals surface area contributed by atoms with Crippen molar-refractivity contribution >= 4 is 33.4 Å². The molecule has 0 aliphatic heterocycles. The number of aromatic nitrogens is 1. The molecule has 0 saturated carbocycles. The molecule has 3 aromatic rings. The largest absolute Gasteiger partial charge is 0.494 e. The van der Waals surface area contributed by atoms with Crippen molar-refractivity contribution in [3.8, 4) is 16.9 Å². The number of hydrogen-bond donors (Lipinski definition) is 2. The minimum absolute atomic E-state index is 0.0619. The minimum Gasteiger partial charge on any atom is -0.494 e. The van der Waals surface area contributed by atoms with Crippen molar-refractivity contribution in [2.75, 3.05) is 11.9 Å². The zero-order valence-corrected chi connectivity index (χ0v) is 16.3. The number of aromatic carboxylic acids is 1. The van der Waals surface area contributed by atoms with Gasteiger partial charge in [-0.1, -0.05) is 12.1 Å². The molecule has 0 atom stereocenters. The van der Waals surface area contributed by atoms with Gasteiger partial charge in [0.1, 0.15) is 28.8 Å². The molecule has 0 amide bonds. The second-order valence-electron chi connectivity index (χ2n) is 5.75. The highest BCUT2D eigenvalue weighted by Crippen LogP contribution is 2.32. The number of benzene rings is 2. The number of carbonyl (C=O) groups is 1. The number of rotatable bonds is 6. The molecule has 0 aliphatic carbocycles. The van der Waals surface area contributed by atoms with Crippen LogP contribution in [0.4, 0.5) is 20.3 Å². The van der Waals surface area contributed by atoms with Crippen LogP contribution in [0.15, 0.2) is 53.1 Å². The molecule has 0 spiro atoms. The molecule has 0 fully saturated rings. The van der Waals surface area contributed by atoms with Gasteiger partial charge < -0.3 is 15.2 Å². The van der Waals surface area contributed by atoms with E-state index in [1.807, 2.05) is 6.92 Å². The highest BCUT2D eigenvalue weighted by molar-refractivity contribution is 9.10. The molecule has 0 radical (unpaired) electrons. The molecule has 0 saturated heterocycles. The number of nitrogens with one attached hydrogen (secondary N) is 1. The second kappa shape index (κ2) is 8.35. The third kappa shape index (κ3) is 4.28. The molecule has 0 unspecified atom stereocenters. The van der Waals surface area contributed by atoms with Crippen molar-refractivity contribution in [1.29, 1.82) is 0 Å². The van der Waals surface area contributed by atoms with E-state index in [1.54, 1.807) is 24.3 Å². The Morgan fingerprint density at radius 1 is 1.21 bits per heavy atom. The van der Waals surface area contributed by atoms with E-state index < -0.39 is 17.6 Å². The van der Waals surface area contributed by atoms with Crippen molar-refractivity contribution in [3.05, 3.63) is 70.3 Å². The third-order valence-electron chi connectivity index (χ3n) is 3.85. The molecular weight excluding hydrogens is 434 g/mol. The first-order valence-corrected chi connectivity index (χ1v) is 9.06. The fourth-order valence-electron chi connectivity index (χ4n) is 2.61. The van der Waals surface area contributed by atoms with Gasteiger partial charge in [-0.05, 0) is 52.7 Å². The van der Waals surface area contributed by atoms with E-state index in [9.17, 15) is 18.7 Å². The van der Waals surface area contributed by atoms with Gasteiger partial charge in [0.15, 0.2) is 0 Å². The average molecular weight is 449 g/mol. The minimum atomic E-state index is -1.25. The molecule has 5 nitrogen and oxygen atoms in total. The number of ether oxygens (including phenoxy) is 1.